The molecule has 0 aliphatic carbocycles. The summed E-state index contributed by atoms with van der Waals surface area (Å²) in [6.45, 7) is 10.5. The van der Waals surface area contributed by atoms with E-state index < -0.39 is 0 Å². The van der Waals surface area contributed by atoms with Crippen molar-refractivity contribution in [2.24, 2.45) is 5.41 Å². The summed E-state index contributed by atoms with van der Waals surface area (Å²) in [4.78, 5) is 22.3. The van der Waals surface area contributed by atoms with E-state index in [1.54, 1.807) is 0 Å². The SMILES string of the molecule is C[C@H]1CN(c2nc3cc(Cl)ccc3c3nnc(Cc4ccccc4)n23)CCN1C(=O)CC(C)(C)C. The lowest BCUT2D eigenvalue weighted by molar-refractivity contribution is -0.135. The predicted octanol–water partition coefficient (Wildman–Crippen LogP) is 5.00. The molecule has 0 spiro atoms. The number of anilines is 1. The zero-order valence-corrected chi connectivity index (χ0v) is 21.5. The van der Waals surface area contributed by atoms with Crippen molar-refractivity contribution in [2.45, 2.75) is 46.6 Å². The number of carbonyl (C=O) groups excluding carboxylic acids is 1. The van der Waals surface area contributed by atoms with Crippen molar-refractivity contribution in [3.05, 3.63) is 64.9 Å². The van der Waals surface area contributed by atoms with Crippen LogP contribution in [0.4, 0.5) is 5.95 Å². The number of rotatable bonds is 4. The molecular formula is C27H31ClN6O. The molecule has 4 aromatic rings. The lowest BCUT2D eigenvalue weighted by atomic mass is 9.91. The fourth-order valence-electron chi connectivity index (χ4n) is 4.82. The van der Waals surface area contributed by atoms with E-state index >= 15 is 0 Å². The van der Waals surface area contributed by atoms with E-state index in [4.69, 9.17) is 16.6 Å². The van der Waals surface area contributed by atoms with E-state index in [1.807, 2.05) is 41.3 Å². The molecule has 0 N–H and O–H groups in total. The molecule has 1 aliphatic rings. The largest absolute Gasteiger partial charge is 0.338 e. The van der Waals surface area contributed by atoms with Gasteiger partial charge in [-0.15, -0.1) is 10.2 Å². The van der Waals surface area contributed by atoms with Crippen LogP contribution in [0.2, 0.25) is 5.02 Å². The number of piperazine rings is 1. The quantitative estimate of drug-likeness (QED) is 0.403. The van der Waals surface area contributed by atoms with E-state index in [0.717, 1.165) is 33.9 Å². The Morgan fingerprint density at radius 1 is 1.09 bits per heavy atom. The Morgan fingerprint density at radius 2 is 1.86 bits per heavy atom. The lowest BCUT2D eigenvalue weighted by Gasteiger charge is -2.41. The van der Waals surface area contributed by atoms with Crippen LogP contribution in [0.1, 0.15) is 45.5 Å². The first-order valence-electron chi connectivity index (χ1n) is 12.1. The number of nitrogens with zero attached hydrogens (tertiary/aromatic N) is 6. The maximum Gasteiger partial charge on any atom is 0.223 e. The highest BCUT2D eigenvalue weighted by Gasteiger charge is 2.31. The van der Waals surface area contributed by atoms with Crippen LogP contribution in [0.3, 0.4) is 0 Å². The molecule has 1 fully saturated rings. The van der Waals surface area contributed by atoms with Gasteiger partial charge in [-0.05, 0) is 36.1 Å². The first kappa shape index (κ1) is 23.5. The number of fused-ring (bicyclic) bond motifs is 3. The van der Waals surface area contributed by atoms with Crippen LogP contribution < -0.4 is 4.90 Å². The van der Waals surface area contributed by atoms with Gasteiger partial charge in [0.1, 0.15) is 5.82 Å². The van der Waals surface area contributed by atoms with Crippen LogP contribution in [0.15, 0.2) is 48.5 Å². The second kappa shape index (κ2) is 9.11. The number of hydrogen-bond donors (Lipinski definition) is 0. The van der Waals surface area contributed by atoms with E-state index in [-0.39, 0.29) is 17.4 Å². The molecule has 3 heterocycles. The zero-order chi connectivity index (χ0) is 24.7. The summed E-state index contributed by atoms with van der Waals surface area (Å²) in [5.74, 6) is 1.84. The van der Waals surface area contributed by atoms with Crippen molar-refractivity contribution in [1.29, 1.82) is 0 Å². The van der Waals surface area contributed by atoms with Gasteiger partial charge in [0, 0.05) is 48.9 Å². The number of halogens is 1. The van der Waals surface area contributed by atoms with Gasteiger partial charge in [-0.3, -0.25) is 4.79 Å². The van der Waals surface area contributed by atoms with Gasteiger partial charge in [-0.2, -0.15) is 0 Å². The Balaban J connectivity index is 1.54. The van der Waals surface area contributed by atoms with Crippen molar-refractivity contribution in [3.63, 3.8) is 0 Å². The lowest BCUT2D eigenvalue weighted by Crippen LogP contribution is -2.55. The third kappa shape index (κ3) is 4.82. The summed E-state index contributed by atoms with van der Waals surface area (Å²) >= 11 is 6.31. The van der Waals surface area contributed by atoms with Gasteiger partial charge >= 0.3 is 0 Å². The van der Waals surface area contributed by atoms with Crippen LogP contribution in [0.5, 0.6) is 0 Å². The molecule has 0 bridgehead atoms. The van der Waals surface area contributed by atoms with Gasteiger partial charge in [0.25, 0.3) is 0 Å². The molecule has 1 atom stereocenters. The van der Waals surface area contributed by atoms with Crippen molar-refractivity contribution >= 4 is 40.0 Å². The summed E-state index contributed by atoms with van der Waals surface area (Å²) in [5.41, 5.74) is 2.69. The van der Waals surface area contributed by atoms with E-state index in [0.29, 0.717) is 37.5 Å². The standard InChI is InChI=1S/C27H31ClN6O/c1-18-17-32(12-13-33(18)24(35)16-27(2,3)4)26-29-22-15-20(28)10-11-21(22)25-31-30-23(34(25)26)14-19-8-6-5-7-9-19/h5-11,15,18H,12-14,16-17H2,1-4H3/t18-/m0/s1. The molecule has 7 nitrogen and oxygen atoms in total. The molecule has 1 saturated heterocycles. The highest BCUT2D eigenvalue weighted by molar-refractivity contribution is 6.31. The first-order valence-corrected chi connectivity index (χ1v) is 12.5. The van der Waals surface area contributed by atoms with Gasteiger partial charge < -0.3 is 9.80 Å². The summed E-state index contributed by atoms with van der Waals surface area (Å²) < 4.78 is 2.07. The van der Waals surface area contributed by atoms with Crippen LogP contribution in [-0.4, -0.2) is 56.1 Å². The van der Waals surface area contributed by atoms with E-state index in [2.05, 4.69) is 59.3 Å². The zero-order valence-electron chi connectivity index (χ0n) is 20.7. The molecular weight excluding hydrogens is 460 g/mol. The van der Waals surface area contributed by atoms with Crippen LogP contribution >= 0.6 is 11.6 Å². The van der Waals surface area contributed by atoms with E-state index in [9.17, 15) is 4.79 Å². The number of aromatic nitrogens is 4. The molecule has 35 heavy (non-hydrogen) atoms. The summed E-state index contributed by atoms with van der Waals surface area (Å²) in [5, 5.41) is 10.7. The highest BCUT2D eigenvalue weighted by atomic mass is 35.5. The van der Waals surface area contributed by atoms with Gasteiger partial charge in [0.05, 0.1) is 5.52 Å². The second-order valence-electron chi connectivity index (χ2n) is 10.6. The summed E-state index contributed by atoms with van der Waals surface area (Å²) in [7, 11) is 0. The van der Waals surface area contributed by atoms with Gasteiger partial charge in [0.15, 0.2) is 5.65 Å². The second-order valence-corrected chi connectivity index (χ2v) is 11.1. The fraction of sp³-hybridized carbons (Fsp3) is 0.407. The Labute approximate surface area is 210 Å². The Morgan fingerprint density at radius 3 is 2.57 bits per heavy atom. The maximum absolute atomic E-state index is 13.0. The van der Waals surface area contributed by atoms with Crippen molar-refractivity contribution < 1.29 is 4.79 Å². The molecule has 5 rings (SSSR count). The molecule has 1 amide bonds. The molecule has 0 radical (unpaired) electrons. The summed E-state index contributed by atoms with van der Waals surface area (Å²) in [6, 6.07) is 16.0. The molecule has 0 unspecified atom stereocenters. The smallest absolute Gasteiger partial charge is 0.223 e. The minimum atomic E-state index is -0.0336. The van der Waals surface area contributed by atoms with Crippen molar-refractivity contribution in [3.8, 4) is 0 Å². The first-order chi connectivity index (χ1) is 16.7. The number of carbonyl (C=O) groups is 1. The predicted molar refractivity (Wildman–Crippen MR) is 140 cm³/mol. The fourth-order valence-corrected chi connectivity index (χ4v) is 4.98. The normalized spacial score (nSPS) is 16.9. The van der Waals surface area contributed by atoms with Crippen molar-refractivity contribution in [2.75, 3.05) is 24.5 Å². The van der Waals surface area contributed by atoms with Crippen molar-refractivity contribution in [1.82, 2.24) is 24.5 Å². The Kier molecular flexibility index (Phi) is 6.13. The van der Waals surface area contributed by atoms with Gasteiger partial charge in [0.2, 0.25) is 11.9 Å². The average Bonchev–Trinajstić information content (AvgIpc) is 3.21. The average molecular weight is 491 g/mol. The van der Waals surface area contributed by atoms with E-state index in [1.165, 1.54) is 0 Å². The monoisotopic (exact) mass is 490 g/mol. The molecule has 1 aliphatic heterocycles. The topological polar surface area (TPSA) is 66.6 Å². The molecule has 2 aromatic carbocycles. The third-order valence-corrected chi connectivity index (χ3v) is 6.70. The van der Waals surface area contributed by atoms with Gasteiger partial charge in [-0.25, -0.2) is 9.38 Å². The molecule has 182 valence electrons. The minimum absolute atomic E-state index is 0.0336. The summed E-state index contributed by atoms with van der Waals surface area (Å²) in [6.07, 6.45) is 1.19. The highest BCUT2D eigenvalue weighted by Crippen LogP contribution is 2.29. The Bertz CT molecular complexity index is 1380. The Hall–Kier alpha value is -3.19. The number of benzene rings is 2. The molecule has 0 saturated carbocycles. The molecule has 8 heteroatoms. The third-order valence-electron chi connectivity index (χ3n) is 6.47. The van der Waals surface area contributed by atoms with Gasteiger partial charge in [-0.1, -0.05) is 62.7 Å². The number of hydrogen-bond acceptors (Lipinski definition) is 5. The van der Waals surface area contributed by atoms with Crippen LogP contribution in [-0.2, 0) is 11.2 Å². The molecule has 2 aromatic heterocycles. The van der Waals surface area contributed by atoms with Crippen LogP contribution in [0, 0.1) is 5.41 Å². The van der Waals surface area contributed by atoms with Crippen LogP contribution in [0.25, 0.3) is 16.6 Å². The number of amides is 1. The minimum Gasteiger partial charge on any atom is -0.338 e. The maximum atomic E-state index is 13.0.